The Morgan fingerprint density at radius 3 is 2.20 bits per heavy atom. The van der Waals surface area contributed by atoms with Gasteiger partial charge in [0, 0.05) is 13.1 Å². The van der Waals surface area contributed by atoms with Crippen molar-refractivity contribution >= 4 is 0 Å². The maximum absolute atomic E-state index is 6.48. The lowest BCUT2D eigenvalue weighted by Crippen LogP contribution is -2.43. The third-order valence-corrected chi connectivity index (χ3v) is 3.60. The van der Waals surface area contributed by atoms with E-state index in [-0.39, 0.29) is 5.54 Å². The molecular weight excluding hydrogens is 244 g/mol. The van der Waals surface area contributed by atoms with Crippen LogP contribution in [-0.2, 0) is 12.1 Å². The number of likely N-dealkylation sites (N-methyl/N-ethyl adjacent to an activating group) is 1. The van der Waals surface area contributed by atoms with Gasteiger partial charge >= 0.3 is 0 Å². The third-order valence-electron chi connectivity index (χ3n) is 3.60. The summed E-state index contributed by atoms with van der Waals surface area (Å²) in [7, 11) is 2.12. The van der Waals surface area contributed by atoms with Crippen LogP contribution in [0.2, 0.25) is 0 Å². The molecule has 0 spiro atoms. The molecule has 0 fully saturated rings. The Hall–Kier alpha value is -1.64. The molecule has 0 aliphatic rings. The second kappa shape index (κ2) is 6.21. The van der Waals surface area contributed by atoms with Gasteiger partial charge in [0.1, 0.15) is 0 Å². The first-order valence-corrected chi connectivity index (χ1v) is 7.06. The molecule has 2 nitrogen and oxygen atoms in total. The maximum atomic E-state index is 6.48. The van der Waals surface area contributed by atoms with Gasteiger partial charge in [-0.15, -0.1) is 0 Å². The predicted octanol–water partition coefficient (Wildman–Crippen LogP) is 3.30. The quantitative estimate of drug-likeness (QED) is 0.901. The van der Waals surface area contributed by atoms with Gasteiger partial charge in [0.15, 0.2) is 0 Å². The highest BCUT2D eigenvalue weighted by Crippen LogP contribution is 2.19. The van der Waals surface area contributed by atoms with Crippen molar-refractivity contribution in [2.24, 2.45) is 5.73 Å². The van der Waals surface area contributed by atoms with E-state index >= 15 is 0 Å². The monoisotopic (exact) mass is 268 g/mol. The van der Waals surface area contributed by atoms with Crippen molar-refractivity contribution in [2.75, 3.05) is 13.6 Å². The van der Waals surface area contributed by atoms with Crippen molar-refractivity contribution < 1.29 is 0 Å². The van der Waals surface area contributed by atoms with Gasteiger partial charge in [0.25, 0.3) is 0 Å². The zero-order chi connectivity index (χ0) is 14.6. The molecule has 0 heterocycles. The van der Waals surface area contributed by atoms with Crippen molar-refractivity contribution in [1.29, 1.82) is 0 Å². The molecule has 0 radical (unpaired) electrons. The smallest absolute Gasteiger partial charge is 0.0509 e. The fourth-order valence-electron chi connectivity index (χ4n) is 2.53. The molecule has 0 aliphatic carbocycles. The molecule has 0 saturated carbocycles. The first-order chi connectivity index (χ1) is 9.47. The highest BCUT2D eigenvalue weighted by molar-refractivity contribution is 5.24. The highest BCUT2D eigenvalue weighted by atomic mass is 15.1. The van der Waals surface area contributed by atoms with E-state index in [0.29, 0.717) is 0 Å². The molecule has 0 saturated heterocycles. The fourth-order valence-corrected chi connectivity index (χ4v) is 2.53. The SMILES string of the molecule is Cc1ccc(CN(C)CC(C)(N)c2ccccc2)cc1. The van der Waals surface area contributed by atoms with Crippen molar-refractivity contribution in [1.82, 2.24) is 4.90 Å². The molecule has 2 N–H and O–H groups in total. The van der Waals surface area contributed by atoms with Crippen LogP contribution in [-0.4, -0.2) is 18.5 Å². The highest BCUT2D eigenvalue weighted by Gasteiger charge is 2.22. The van der Waals surface area contributed by atoms with Gasteiger partial charge < -0.3 is 5.73 Å². The number of aryl methyl sites for hydroxylation is 1. The van der Waals surface area contributed by atoms with Crippen molar-refractivity contribution in [3.05, 3.63) is 71.3 Å². The number of benzene rings is 2. The van der Waals surface area contributed by atoms with Gasteiger partial charge in [-0.2, -0.15) is 0 Å². The molecule has 0 amide bonds. The second-order valence-corrected chi connectivity index (χ2v) is 5.94. The number of rotatable bonds is 5. The summed E-state index contributed by atoms with van der Waals surface area (Å²) >= 11 is 0. The van der Waals surface area contributed by atoms with Crippen LogP contribution in [0.5, 0.6) is 0 Å². The van der Waals surface area contributed by atoms with Crippen LogP contribution in [0, 0.1) is 6.92 Å². The summed E-state index contributed by atoms with van der Waals surface area (Å²) in [4.78, 5) is 2.28. The molecule has 106 valence electrons. The normalized spacial score (nSPS) is 14.2. The van der Waals surface area contributed by atoms with Crippen LogP contribution in [0.25, 0.3) is 0 Å². The molecule has 1 atom stereocenters. The minimum absolute atomic E-state index is 0.333. The minimum atomic E-state index is -0.333. The summed E-state index contributed by atoms with van der Waals surface area (Å²) < 4.78 is 0. The van der Waals surface area contributed by atoms with Crippen LogP contribution in [0.4, 0.5) is 0 Å². The van der Waals surface area contributed by atoms with Crippen molar-refractivity contribution in [2.45, 2.75) is 25.9 Å². The van der Waals surface area contributed by atoms with E-state index in [1.807, 2.05) is 18.2 Å². The van der Waals surface area contributed by atoms with Crippen molar-refractivity contribution in [3.8, 4) is 0 Å². The van der Waals surface area contributed by atoms with E-state index in [1.165, 1.54) is 16.7 Å². The van der Waals surface area contributed by atoms with Gasteiger partial charge in [0.2, 0.25) is 0 Å². The molecule has 2 heteroatoms. The lowest BCUT2D eigenvalue weighted by Gasteiger charge is -2.30. The van der Waals surface area contributed by atoms with Crippen LogP contribution in [0.1, 0.15) is 23.6 Å². The first kappa shape index (κ1) is 14.8. The zero-order valence-electron chi connectivity index (χ0n) is 12.6. The summed E-state index contributed by atoms with van der Waals surface area (Å²) in [5, 5.41) is 0. The van der Waals surface area contributed by atoms with Gasteiger partial charge in [-0.25, -0.2) is 0 Å². The Bertz CT molecular complexity index is 529. The zero-order valence-corrected chi connectivity index (χ0v) is 12.6. The minimum Gasteiger partial charge on any atom is -0.321 e. The van der Waals surface area contributed by atoms with Gasteiger partial charge in [-0.3, -0.25) is 4.90 Å². The first-order valence-electron chi connectivity index (χ1n) is 7.06. The third kappa shape index (κ3) is 3.92. The average Bonchev–Trinajstić information content (AvgIpc) is 2.42. The summed E-state index contributed by atoms with van der Waals surface area (Å²) in [6.07, 6.45) is 0. The Labute approximate surface area is 122 Å². The molecule has 0 aliphatic heterocycles. The van der Waals surface area contributed by atoms with E-state index in [4.69, 9.17) is 5.73 Å². The van der Waals surface area contributed by atoms with Gasteiger partial charge in [-0.1, -0.05) is 60.2 Å². The topological polar surface area (TPSA) is 29.3 Å². The largest absolute Gasteiger partial charge is 0.321 e. The number of nitrogens with zero attached hydrogens (tertiary/aromatic N) is 1. The predicted molar refractivity (Wildman–Crippen MR) is 85.5 cm³/mol. The Balaban J connectivity index is 2.00. The summed E-state index contributed by atoms with van der Waals surface area (Å²) in [5.74, 6) is 0. The number of nitrogens with two attached hydrogens (primary N) is 1. The van der Waals surface area contributed by atoms with Gasteiger partial charge in [0.05, 0.1) is 5.54 Å². The molecule has 2 rings (SSSR count). The standard InChI is InChI=1S/C18H24N2/c1-15-9-11-16(12-10-15)13-20(3)14-18(2,19)17-7-5-4-6-8-17/h4-12H,13-14,19H2,1-3H3. The van der Waals surface area contributed by atoms with Crippen LogP contribution < -0.4 is 5.73 Å². The summed E-state index contributed by atoms with van der Waals surface area (Å²) in [6, 6.07) is 19.0. The Kier molecular flexibility index (Phi) is 4.58. The molecule has 1 unspecified atom stereocenters. The van der Waals surface area contributed by atoms with Crippen LogP contribution in [0.15, 0.2) is 54.6 Å². The molecular formula is C18H24N2. The Morgan fingerprint density at radius 1 is 1.00 bits per heavy atom. The number of hydrogen-bond acceptors (Lipinski definition) is 2. The van der Waals surface area contributed by atoms with Gasteiger partial charge in [-0.05, 0) is 32.0 Å². The van der Waals surface area contributed by atoms with Crippen LogP contribution in [0.3, 0.4) is 0 Å². The molecule has 0 bridgehead atoms. The average molecular weight is 268 g/mol. The summed E-state index contributed by atoms with van der Waals surface area (Å²) in [5.41, 5.74) is 9.94. The van der Waals surface area contributed by atoms with Crippen molar-refractivity contribution in [3.63, 3.8) is 0 Å². The molecule has 2 aromatic rings. The summed E-state index contributed by atoms with van der Waals surface area (Å²) in [6.45, 7) is 5.94. The maximum Gasteiger partial charge on any atom is 0.0509 e. The second-order valence-electron chi connectivity index (χ2n) is 5.94. The van der Waals surface area contributed by atoms with E-state index in [0.717, 1.165) is 13.1 Å². The van der Waals surface area contributed by atoms with E-state index in [2.05, 4.69) is 62.2 Å². The number of hydrogen-bond donors (Lipinski definition) is 1. The molecule has 0 aromatic heterocycles. The lowest BCUT2D eigenvalue weighted by atomic mass is 9.92. The van der Waals surface area contributed by atoms with E-state index in [9.17, 15) is 0 Å². The van der Waals surface area contributed by atoms with E-state index in [1.54, 1.807) is 0 Å². The molecule has 20 heavy (non-hydrogen) atoms. The molecule has 2 aromatic carbocycles. The Morgan fingerprint density at radius 2 is 1.60 bits per heavy atom. The lowest BCUT2D eigenvalue weighted by molar-refractivity contribution is 0.253. The van der Waals surface area contributed by atoms with E-state index < -0.39 is 0 Å². The fraction of sp³-hybridized carbons (Fsp3) is 0.333. The van der Waals surface area contributed by atoms with Crippen LogP contribution >= 0.6 is 0 Å².